The number of fused-ring (bicyclic) bond motifs is 1. The quantitative estimate of drug-likeness (QED) is 0.604. The van der Waals surface area contributed by atoms with Crippen LogP contribution in [0.3, 0.4) is 0 Å². The average molecular weight is 394 g/mol. The molecule has 6 nitrogen and oxygen atoms in total. The third-order valence-electron chi connectivity index (χ3n) is 5.86. The molecule has 29 heavy (non-hydrogen) atoms. The van der Waals surface area contributed by atoms with Crippen molar-refractivity contribution in [3.63, 3.8) is 0 Å². The van der Waals surface area contributed by atoms with Crippen LogP contribution >= 0.6 is 0 Å². The molecule has 0 radical (unpaired) electrons. The van der Waals surface area contributed by atoms with Crippen molar-refractivity contribution >= 4 is 5.96 Å². The molecule has 1 unspecified atom stereocenters. The first-order valence-corrected chi connectivity index (χ1v) is 10.6. The van der Waals surface area contributed by atoms with Crippen LogP contribution in [0.25, 0.3) is 0 Å². The number of piperidine rings is 1. The number of nitrogens with zero attached hydrogens (tertiary/aromatic N) is 3. The Hall–Kier alpha value is -2.60. The fourth-order valence-corrected chi connectivity index (χ4v) is 4.19. The highest BCUT2D eigenvalue weighted by molar-refractivity contribution is 5.80. The molecule has 0 bridgehead atoms. The van der Waals surface area contributed by atoms with Gasteiger partial charge in [0.15, 0.2) is 5.96 Å². The van der Waals surface area contributed by atoms with Gasteiger partial charge in [-0.3, -0.25) is 14.9 Å². The standard InChI is InChI=1S/C23H31N5O/c1-24-23(26-16-18-11-15-29-22-8-3-2-7-21(18)22)27-19-9-13-28(14-10-19)17-20-6-4-5-12-25-20/h2-8,12,18-19H,9-11,13-17H2,1H3,(H2,24,26,27). The Kier molecular flexibility index (Phi) is 6.62. The predicted octanol–water partition coefficient (Wildman–Crippen LogP) is 2.78. The first-order valence-electron chi connectivity index (χ1n) is 10.6. The number of aromatic nitrogens is 1. The van der Waals surface area contributed by atoms with Crippen molar-refractivity contribution in [1.29, 1.82) is 0 Å². The lowest BCUT2D eigenvalue weighted by atomic mass is 9.93. The van der Waals surface area contributed by atoms with Gasteiger partial charge in [-0.2, -0.15) is 0 Å². The summed E-state index contributed by atoms with van der Waals surface area (Å²) in [7, 11) is 1.85. The average Bonchev–Trinajstić information content (AvgIpc) is 2.78. The van der Waals surface area contributed by atoms with Crippen molar-refractivity contribution < 1.29 is 4.74 Å². The maximum atomic E-state index is 5.78. The maximum absolute atomic E-state index is 5.78. The number of rotatable bonds is 5. The van der Waals surface area contributed by atoms with Crippen molar-refractivity contribution in [3.05, 3.63) is 59.9 Å². The number of nitrogens with one attached hydrogen (secondary N) is 2. The van der Waals surface area contributed by atoms with Gasteiger partial charge in [-0.25, -0.2) is 0 Å². The molecular formula is C23H31N5O. The zero-order valence-corrected chi connectivity index (χ0v) is 17.2. The van der Waals surface area contributed by atoms with Gasteiger partial charge in [0.1, 0.15) is 5.75 Å². The molecule has 0 saturated carbocycles. The summed E-state index contributed by atoms with van der Waals surface area (Å²) in [6.07, 6.45) is 5.14. The van der Waals surface area contributed by atoms with Crippen molar-refractivity contribution in [2.75, 3.05) is 33.3 Å². The Morgan fingerprint density at radius 1 is 1.14 bits per heavy atom. The molecule has 0 spiro atoms. The Morgan fingerprint density at radius 3 is 2.76 bits per heavy atom. The zero-order chi connectivity index (χ0) is 19.9. The number of ether oxygens (including phenoxy) is 1. The van der Waals surface area contributed by atoms with E-state index in [0.29, 0.717) is 12.0 Å². The highest BCUT2D eigenvalue weighted by Gasteiger charge is 2.23. The van der Waals surface area contributed by atoms with E-state index in [0.717, 1.165) is 69.5 Å². The Labute approximate surface area is 173 Å². The minimum Gasteiger partial charge on any atom is -0.493 e. The number of hydrogen-bond acceptors (Lipinski definition) is 4. The molecular weight excluding hydrogens is 362 g/mol. The summed E-state index contributed by atoms with van der Waals surface area (Å²) in [5, 5.41) is 7.16. The summed E-state index contributed by atoms with van der Waals surface area (Å²) < 4.78 is 5.78. The fraction of sp³-hybridized carbons (Fsp3) is 0.478. The summed E-state index contributed by atoms with van der Waals surface area (Å²) in [6, 6.07) is 15.0. The Bertz CT molecular complexity index is 802. The number of pyridine rings is 1. The number of guanidine groups is 1. The van der Waals surface area contributed by atoms with E-state index in [4.69, 9.17) is 4.74 Å². The van der Waals surface area contributed by atoms with Crippen LogP contribution in [-0.2, 0) is 6.54 Å². The molecule has 3 heterocycles. The van der Waals surface area contributed by atoms with Gasteiger partial charge >= 0.3 is 0 Å². The van der Waals surface area contributed by atoms with Gasteiger partial charge in [0, 0.05) is 51.4 Å². The summed E-state index contributed by atoms with van der Waals surface area (Å²) in [6.45, 7) is 4.75. The second-order valence-corrected chi connectivity index (χ2v) is 7.84. The minimum absolute atomic E-state index is 0.457. The van der Waals surface area contributed by atoms with Crippen molar-refractivity contribution in [1.82, 2.24) is 20.5 Å². The molecule has 1 aromatic carbocycles. The lowest BCUT2D eigenvalue weighted by molar-refractivity contribution is 0.196. The molecule has 0 amide bonds. The van der Waals surface area contributed by atoms with Gasteiger partial charge in [-0.1, -0.05) is 24.3 Å². The number of para-hydroxylation sites is 1. The van der Waals surface area contributed by atoms with Gasteiger partial charge in [0.25, 0.3) is 0 Å². The lowest BCUT2D eigenvalue weighted by Crippen LogP contribution is -2.49. The monoisotopic (exact) mass is 393 g/mol. The number of likely N-dealkylation sites (tertiary alicyclic amines) is 1. The van der Waals surface area contributed by atoms with E-state index in [9.17, 15) is 0 Å². The van der Waals surface area contributed by atoms with Crippen LogP contribution in [-0.4, -0.2) is 55.2 Å². The summed E-state index contributed by atoms with van der Waals surface area (Å²) in [5.41, 5.74) is 2.44. The smallest absolute Gasteiger partial charge is 0.191 e. The van der Waals surface area contributed by atoms with Crippen LogP contribution in [0, 0.1) is 0 Å². The van der Waals surface area contributed by atoms with Crippen molar-refractivity contribution in [3.8, 4) is 5.75 Å². The highest BCUT2D eigenvalue weighted by atomic mass is 16.5. The molecule has 1 saturated heterocycles. The van der Waals surface area contributed by atoms with Gasteiger partial charge in [0.2, 0.25) is 0 Å². The van der Waals surface area contributed by atoms with Crippen molar-refractivity contribution in [2.45, 2.75) is 37.8 Å². The molecule has 1 aromatic heterocycles. The van der Waals surface area contributed by atoms with E-state index in [2.05, 4.69) is 55.8 Å². The van der Waals surface area contributed by atoms with E-state index >= 15 is 0 Å². The first kappa shape index (κ1) is 19.7. The molecule has 1 atom stereocenters. The second kappa shape index (κ2) is 9.74. The molecule has 0 aliphatic carbocycles. The van der Waals surface area contributed by atoms with Crippen LogP contribution in [0.5, 0.6) is 5.75 Å². The number of hydrogen-bond donors (Lipinski definition) is 2. The van der Waals surface area contributed by atoms with Crippen LogP contribution in [0.2, 0.25) is 0 Å². The first-order chi connectivity index (χ1) is 14.3. The third-order valence-corrected chi connectivity index (χ3v) is 5.86. The fourth-order valence-electron chi connectivity index (χ4n) is 4.19. The van der Waals surface area contributed by atoms with Gasteiger partial charge < -0.3 is 15.4 Å². The lowest BCUT2D eigenvalue weighted by Gasteiger charge is -2.33. The maximum Gasteiger partial charge on any atom is 0.191 e. The molecule has 2 N–H and O–H groups in total. The van der Waals surface area contributed by atoms with Crippen LogP contribution in [0.15, 0.2) is 53.7 Å². The van der Waals surface area contributed by atoms with Gasteiger partial charge in [-0.05, 0) is 43.0 Å². The van der Waals surface area contributed by atoms with Crippen LogP contribution < -0.4 is 15.4 Å². The summed E-state index contributed by atoms with van der Waals surface area (Å²) in [5.74, 6) is 2.38. The van der Waals surface area contributed by atoms with E-state index in [1.54, 1.807) is 0 Å². The van der Waals surface area contributed by atoms with Crippen LogP contribution in [0.4, 0.5) is 0 Å². The van der Waals surface area contributed by atoms with Crippen LogP contribution in [0.1, 0.15) is 36.4 Å². The Balaban J connectivity index is 1.23. The van der Waals surface area contributed by atoms with Crippen molar-refractivity contribution in [2.24, 2.45) is 4.99 Å². The van der Waals surface area contributed by atoms with E-state index in [1.165, 1.54) is 5.56 Å². The summed E-state index contributed by atoms with van der Waals surface area (Å²) in [4.78, 5) is 11.4. The van der Waals surface area contributed by atoms with Gasteiger partial charge in [0.05, 0.1) is 12.3 Å². The molecule has 1 fully saturated rings. The number of benzene rings is 1. The van der Waals surface area contributed by atoms with E-state index in [-0.39, 0.29) is 0 Å². The molecule has 154 valence electrons. The highest BCUT2D eigenvalue weighted by Crippen LogP contribution is 2.32. The molecule has 2 aliphatic heterocycles. The van der Waals surface area contributed by atoms with E-state index < -0.39 is 0 Å². The minimum atomic E-state index is 0.457. The van der Waals surface area contributed by atoms with Gasteiger partial charge in [-0.15, -0.1) is 0 Å². The predicted molar refractivity (Wildman–Crippen MR) is 116 cm³/mol. The molecule has 2 aliphatic rings. The Morgan fingerprint density at radius 2 is 1.97 bits per heavy atom. The zero-order valence-electron chi connectivity index (χ0n) is 17.2. The summed E-state index contributed by atoms with van der Waals surface area (Å²) >= 11 is 0. The second-order valence-electron chi connectivity index (χ2n) is 7.84. The third kappa shape index (κ3) is 5.26. The molecule has 6 heteroatoms. The largest absolute Gasteiger partial charge is 0.493 e. The number of aliphatic imine (C=N–C) groups is 1. The molecule has 2 aromatic rings. The molecule has 4 rings (SSSR count). The normalized spacial score (nSPS) is 20.6. The van der Waals surface area contributed by atoms with E-state index in [1.807, 2.05) is 25.4 Å². The SMILES string of the molecule is CN=C(NCC1CCOc2ccccc21)NC1CCN(Cc2ccccn2)CC1. The topological polar surface area (TPSA) is 61.8 Å².